The number of thioether (sulfide) groups is 1. The lowest BCUT2D eigenvalue weighted by atomic mass is 10.1. The zero-order valence-electron chi connectivity index (χ0n) is 33.0. The van der Waals surface area contributed by atoms with E-state index in [1.54, 1.807) is 24.9 Å². The van der Waals surface area contributed by atoms with Gasteiger partial charge in [-0.3, -0.25) is 10.1 Å². The summed E-state index contributed by atoms with van der Waals surface area (Å²) in [5.41, 5.74) is 12.0. The van der Waals surface area contributed by atoms with E-state index in [0.717, 1.165) is 84.2 Å². The number of hydrogen-bond donors (Lipinski definition) is 3. The maximum absolute atomic E-state index is 12.4. The molecule has 0 aromatic heterocycles. The SMILES string of the molecule is COP(Nc1ccc(N2CCN(c3cccc(C(C=CN)=Nc4ccc(Cl)cc4)c3)CC2)cc1)c1ccc(N[C@@H](CCN(C)C)CSc2ccccc2)c([N+](=O)[O-])c1. The molecule has 4 N–H and O–H groups in total. The number of nitro groups is 1. The smallest absolute Gasteiger partial charge is 0.293 e. The van der Waals surface area contributed by atoms with Crippen molar-refractivity contribution < 1.29 is 9.45 Å². The lowest BCUT2D eigenvalue weighted by Crippen LogP contribution is -2.46. The molecule has 11 nitrogen and oxygen atoms in total. The number of nitrogens with two attached hydrogens (primary N) is 1. The Kier molecular flexibility index (Phi) is 15.4. The fourth-order valence-corrected chi connectivity index (χ4v) is 8.96. The van der Waals surface area contributed by atoms with E-state index in [1.165, 1.54) is 11.1 Å². The molecule has 0 aliphatic carbocycles. The second kappa shape index (κ2) is 21.1. The molecule has 302 valence electrons. The molecule has 0 bridgehead atoms. The van der Waals surface area contributed by atoms with Gasteiger partial charge in [-0.25, -0.2) is 4.99 Å². The minimum Gasteiger partial charge on any atom is -0.405 e. The Labute approximate surface area is 352 Å². The molecule has 1 aliphatic heterocycles. The summed E-state index contributed by atoms with van der Waals surface area (Å²) >= 11 is 7.82. The Bertz CT molecular complexity index is 2150. The second-order valence-corrected chi connectivity index (χ2v) is 17.2. The number of halogens is 1. The number of hydrogen-bond acceptors (Lipinski definition) is 11. The molecular weight excluding hydrogens is 787 g/mol. The molecule has 1 heterocycles. The zero-order valence-corrected chi connectivity index (χ0v) is 35.5. The minimum absolute atomic E-state index is 0.0311. The summed E-state index contributed by atoms with van der Waals surface area (Å²) in [6.07, 6.45) is 4.17. The third-order valence-electron chi connectivity index (χ3n) is 9.65. The van der Waals surface area contributed by atoms with E-state index in [-0.39, 0.29) is 16.7 Å². The molecule has 6 rings (SSSR count). The van der Waals surface area contributed by atoms with E-state index in [1.807, 2.05) is 93.0 Å². The van der Waals surface area contributed by atoms with Gasteiger partial charge in [-0.15, -0.1) is 11.8 Å². The number of benzene rings is 5. The van der Waals surface area contributed by atoms with Crippen LogP contribution < -0.4 is 31.2 Å². The third-order valence-corrected chi connectivity index (χ3v) is 12.7. The molecule has 14 heteroatoms. The number of nitro benzene ring substituents is 1. The molecule has 1 fully saturated rings. The van der Waals surface area contributed by atoms with Crippen LogP contribution in [-0.4, -0.2) is 81.3 Å². The van der Waals surface area contributed by atoms with Crippen molar-refractivity contribution in [1.82, 2.24) is 4.90 Å². The van der Waals surface area contributed by atoms with Crippen LogP contribution in [0.25, 0.3) is 0 Å². The number of piperazine rings is 1. The number of nitrogens with zero attached hydrogens (tertiary/aromatic N) is 5. The van der Waals surface area contributed by atoms with Gasteiger partial charge in [0.15, 0.2) is 8.30 Å². The molecule has 0 radical (unpaired) electrons. The quantitative estimate of drug-likeness (QED) is 0.0259. The van der Waals surface area contributed by atoms with Crippen molar-refractivity contribution in [2.45, 2.75) is 17.4 Å². The van der Waals surface area contributed by atoms with Crippen LogP contribution in [0, 0.1) is 10.1 Å². The first-order valence-corrected chi connectivity index (χ1v) is 21.7. The molecule has 58 heavy (non-hydrogen) atoms. The first-order valence-electron chi connectivity index (χ1n) is 19.1. The Hall–Kier alpha value is -5.10. The molecule has 5 aromatic rings. The fourth-order valence-electron chi connectivity index (χ4n) is 6.57. The maximum atomic E-state index is 12.4. The van der Waals surface area contributed by atoms with Gasteiger partial charge in [-0.1, -0.05) is 41.9 Å². The Morgan fingerprint density at radius 1 is 0.948 bits per heavy atom. The molecular formula is C44H50ClN8O3PS. The predicted molar refractivity (Wildman–Crippen MR) is 246 cm³/mol. The van der Waals surface area contributed by atoms with Crippen molar-refractivity contribution in [3.05, 3.63) is 154 Å². The molecule has 0 amide bonds. The van der Waals surface area contributed by atoms with Crippen LogP contribution in [0.15, 0.2) is 143 Å². The topological polar surface area (TPSA) is 125 Å². The van der Waals surface area contributed by atoms with Crippen LogP contribution in [0.4, 0.5) is 34.1 Å². The van der Waals surface area contributed by atoms with Gasteiger partial charge in [0.1, 0.15) is 5.69 Å². The second-order valence-electron chi connectivity index (χ2n) is 14.0. The lowest BCUT2D eigenvalue weighted by molar-refractivity contribution is -0.383. The Balaban J connectivity index is 1.07. The van der Waals surface area contributed by atoms with Crippen molar-refractivity contribution in [2.75, 3.05) is 79.9 Å². The van der Waals surface area contributed by atoms with E-state index in [0.29, 0.717) is 10.7 Å². The van der Waals surface area contributed by atoms with Crippen LogP contribution in [0.3, 0.4) is 0 Å². The van der Waals surface area contributed by atoms with Gasteiger partial charge >= 0.3 is 0 Å². The summed E-state index contributed by atoms with van der Waals surface area (Å²) in [5, 5.41) is 20.7. The van der Waals surface area contributed by atoms with Gasteiger partial charge in [-0.05, 0) is 124 Å². The average Bonchev–Trinajstić information content (AvgIpc) is 3.25. The maximum Gasteiger partial charge on any atom is 0.293 e. The van der Waals surface area contributed by atoms with Crippen molar-refractivity contribution >= 4 is 76.8 Å². The molecule has 5 aromatic carbocycles. The van der Waals surface area contributed by atoms with Crippen LogP contribution >= 0.6 is 31.7 Å². The molecule has 0 spiro atoms. The van der Waals surface area contributed by atoms with Gasteiger partial charge in [0, 0.05) is 89.0 Å². The summed E-state index contributed by atoms with van der Waals surface area (Å²) in [7, 11) is 4.32. The summed E-state index contributed by atoms with van der Waals surface area (Å²) in [4.78, 5) is 24.9. The molecule has 1 saturated heterocycles. The summed E-state index contributed by atoms with van der Waals surface area (Å²) in [6.45, 7) is 4.31. The average molecular weight is 837 g/mol. The Morgan fingerprint density at radius 3 is 2.31 bits per heavy atom. The van der Waals surface area contributed by atoms with Crippen molar-refractivity contribution in [3.63, 3.8) is 0 Å². The summed E-state index contributed by atoms with van der Waals surface area (Å²) in [6, 6.07) is 39.7. The van der Waals surface area contributed by atoms with E-state index in [9.17, 15) is 10.1 Å². The number of rotatable bonds is 18. The van der Waals surface area contributed by atoms with Crippen LogP contribution in [0.5, 0.6) is 0 Å². The number of nitrogens with one attached hydrogen (secondary N) is 2. The van der Waals surface area contributed by atoms with E-state index in [4.69, 9.17) is 26.9 Å². The van der Waals surface area contributed by atoms with Gasteiger partial charge in [-0.2, -0.15) is 0 Å². The van der Waals surface area contributed by atoms with E-state index in [2.05, 4.69) is 67.6 Å². The van der Waals surface area contributed by atoms with E-state index < -0.39 is 8.30 Å². The number of aliphatic imine (C=N–C) groups is 1. The highest BCUT2D eigenvalue weighted by atomic mass is 35.5. The van der Waals surface area contributed by atoms with E-state index >= 15 is 0 Å². The highest BCUT2D eigenvalue weighted by Crippen LogP contribution is 2.39. The first-order chi connectivity index (χ1) is 28.2. The van der Waals surface area contributed by atoms with Crippen LogP contribution in [0.2, 0.25) is 5.02 Å². The number of allylic oxidation sites excluding steroid dienone is 1. The largest absolute Gasteiger partial charge is 0.405 e. The highest BCUT2D eigenvalue weighted by Gasteiger charge is 2.23. The first kappa shape index (κ1) is 42.5. The van der Waals surface area contributed by atoms with Gasteiger partial charge < -0.3 is 35.4 Å². The van der Waals surface area contributed by atoms with Crippen LogP contribution in [-0.2, 0) is 4.52 Å². The standard InChI is InChI=1S/C44H50ClN8O3PS/c1-50(2)25-23-37(32-58-41-10-5-4-6-11-41)48-43-21-20-40(31-44(43)53(54)55)57(56-3)49-36-16-18-38(19-17-36)51-26-28-52(29-27-51)39-9-7-8-33(30-39)42(22-24-46)47-35-14-12-34(45)13-15-35/h4-22,24,30-31,37,48-49H,23,25-29,32,46H2,1-3H3/t37-,57?/m0/s1. The summed E-state index contributed by atoms with van der Waals surface area (Å²) < 4.78 is 5.88. The monoisotopic (exact) mass is 836 g/mol. The van der Waals surface area contributed by atoms with Crippen LogP contribution in [0.1, 0.15) is 12.0 Å². The normalized spacial score (nSPS) is 14.5. The Morgan fingerprint density at radius 2 is 1.66 bits per heavy atom. The minimum atomic E-state index is -1.38. The zero-order chi connectivity index (χ0) is 40.9. The highest BCUT2D eigenvalue weighted by molar-refractivity contribution is 7.99. The lowest BCUT2D eigenvalue weighted by Gasteiger charge is -2.37. The molecule has 1 unspecified atom stereocenters. The van der Waals surface area contributed by atoms with Gasteiger partial charge in [0.05, 0.1) is 16.3 Å². The van der Waals surface area contributed by atoms with Crippen molar-refractivity contribution in [1.29, 1.82) is 0 Å². The number of anilines is 4. The summed E-state index contributed by atoms with van der Waals surface area (Å²) in [5.74, 6) is 0.777. The molecule has 1 aliphatic rings. The van der Waals surface area contributed by atoms with Crippen molar-refractivity contribution in [2.24, 2.45) is 10.7 Å². The van der Waals surface area contributed by atoms with Gasteiger partial charge in [0.25, 0.3) is 5.69 Å². The van der Waals surface area contributed by atoms with Crippen molar-refractivity contribution in [3.8, 4) is 0 Å². The third kappa shape index (κ3) is 12.0. The van der Waals surface area contributed by atoms with Gasteiger partial charge in [0.2, 0.25) is 0 Å². The fraction of sp³-hybridized carbons (Fsp3) is 0.250. The molecule has 0 saturated carbocycles. The molecule has 2 atom stereocenters. The predicted octanol–water partition coefficient (Wildman–Crippen LogP) is 9.39.